The molecule has 0 bridgehead atoms. The van der Waals surface area contributed by atoms with E-state index < -0.39 is 5.97 Å². The van der Waals surface area contributed by atoms with Gasteiger partial charge in [0.15, 0.2) is 0 Å². The van der Waals surface area contributed by atoms with Crippen LogP contribution in [0, 0.1) is 5.41 Å². The number of allylic oxidation sites excluding steroid dienone is 1. The predicted octanol–water partition coefficient (Wildman–Crippen LogP) is 8.38. The summed E-state index contributed by atoms with van der Waals surface area (Å²) in [5.41, 5.74) is 5.73. The van der Waals surface area contributed by atoms with Crippen LogP contribution in [0.3, 0.4) is 0 Å². The zero-order valence-electron chi connectivity index (χ0n) is 22.4. The second-order valence-electron chi connectivity index (χ2n) is 11.2. The largest absolute Gasteiger partial charge is 0.478 e. The molecule has 0 unspecified atom stereocenters. The Morgan fingerprint density at radius 3 is 2.41 bits per heavy atom. The van der Waals surface area contributed by atoms with Crippen molar-refractivity contribution in [3.8, 4) is 11.5 Å². The Kier molecular flexibility index (Phi) is 8.36. The quantitative estimate of drug-likeness (QED) is 0.292. The highest BCUT2D eigenvalue weighted by Crippen LogP contribution is 2.43. The number of rotatable bonds is 7. The second kappa shape index (κ2) is 11.7. The monoisotopic (exact) mass is 608 g/mol. The van der Waals surface area contributed by atoms with E-state index in [1.807, 2.05) is 48.5 Å². The van der Waals surface area contributed by atoms with Crippen molar-refractivity contribution in [2.75, 3.05) is 37.6 Å². The molecule has 204 valence electrons. The smallest absolute Gasteiger partial charge is 0.339 e. The number of benzene rings is 3. The van der Waals surface area contributed by atoms with Crippen LogP contribution in [0.1, 0.15) is 49.0 Å². The fourth-order valence-corrected chi connectivity index (χ4v) is 6.00. The number of carbonyl (C=O) groups is 1. The average Bonchev–Trinajstić information content (AvgIpc) is 2.91. The maximum absolute atomic E-state index is 11.9. The number of carboxylic acid groups (broad SMARTS) is 1. The van der Waals surface area contributed by atoms with E-state index in [-0.39, 0.29) is 5.56 Å². The topological polar surface area (TPSA) is 53.0 Å². The lowest BCUT2D eigenvalue weighted by Crippen LogP contribution is -2.47. The summed E-state index contributed by atoms with van der Waals surface area (Å²) in [6, 6.07) is 21.1. The molecule has 1 saturated heterocycles. The molecule has 39 heavy (non-hydrogen) atoms. The van der Waals surface area contributed by atoms with Gasteiger partial charge in [0, 0.05) is 49.5 Å². The van der Waals surface area contributed by atoms with Gasteiger partial charge in [0.25, 0.3) is 0 Å². The highest BCUT2D eigenvalue weighted by molar-refractivity contribution is 9.10. The Morgan fingerprint density at radius 2 is 1.72 bits per heavy atom. The number of nitrogens with zero attached hydrogens (tertiary/aromatic N) is 2. The van der Waals surface area contributed by atoms with E-state index >= 15 is 0 Å². The van der Waals surface area contributed by atoms with Crippen LogP contribution in [-0.4, -0.2) is 48.7 Å². The number of carboxylic acids is 1. The van der Waals surface area contributed by atoms with Crippen LogP contribution < -0.4 is 9.64 Å². The maximum Gasteiger partial charge on any atom is 0.339 e. The van der Waals surface area contributed by atoms with Crippen molar-refractivity contribution >= 4 is 44.8 Å². The van der Waals surface area contributed by atoms with Crippen molar-refractivity contribution in [2.45, 2.75) is 33.1 Å². The number of aromatic carboxylic acids is 1. The summed E-state index contributed by atoms with van der Waals surface area (Å²) in [4.78, 5) is 16.7. The molecular formula is C32H34BrClN2O3. The minimum atomic E-state index is -1.01. The van der Waals surface area contributed by atoms with Crippen LogP contribution in [-0.2, 0) is 0 Å². The summed E-state index contributed by atoms with van der Waals surface area (Å²) in [5, 5.41) is 10.5. The molecule has 5 rings (SSSR count). The van der Waals surface area contributed by atoms with Crippen LogP contribution in [0.4, 0.5) is 5.69 Å². The molecule has 0 radical (unpaired) electrons. The van der Waals surface area contributed by atoms with Crippen LogP contribution >= 0.6 is 27.5 Å². The SMILES string of the molecule is CC1(C)CCC(CN2CCN(c3ccc(C(=O)O)c(Oc4ccccc4Br)c3)CC2)=C(c2ccc(Cl)cc2)C1. The Balaban J connectivity index is 1.30. The highest BCUT2D eigenvalue weighted by Gasteiger charge is 2.29. The second-order valence-corrected chi connectivity index (χ2v) is 12.5. The summed E-state index contributed by atoms with van der Waals surface area (Å²) < 4.78 is 6.83. The minimum Gasteiger partial charge on any atom is -0.478 e. The van der Waals surface area contributed by atoms with E-state index in [1.54, 1.807) is 11.6 Å². The van der Waals surface area contributed by atoms with Gasteiger partial charge in [-0.2, -0.15) is 0 Å². The molecule has 0 spiro atoms. The number of para-hydroxylation sites is 1. The number of hydrogen-bond donors (Lipinski definition) is 1. The first-order chi connectivity index (χ1) is 18.7. The predicted molar refractivity (Wildman–Crippen MR) is 162 cm³/mol. The molecule has 0 amide bonds. The first kappa shape index (κ1) is 27.8. The van der Waals surface area contributed by atoms with E-state index in [1.165, 1.54) is 17.6 Å². The lowest BCUT2D eigenvalue weighted by Gasteiger charge is -2.39. The molecule has 3 aromatic carbocycles. The van der Waals surface area contributed by atoms with Gasteiger partial charge in [-0.15, -0.1) is 0 Å². The van der Waals surface area contributed by atoms with E-state index in [9.17, 15) is 9.90 Å². The molecule has 5 nitrogen and oxygen atoms in total. The first-order valence-corrected chi connectivity index (χ1v) is 14.6. The molecule has 0 aromatic heterocycles. The number of ether oxygens (including phenoxy) is 1. The summed E-state index contributed by atoms with van der Waals surface area (Å²) in [6.07, 6.45) is 3.41. The van der Waals surface area contributed by atoms with Crippen LogP contribution in [0.5, 0.6) is 11.5 Å². The van der Waals surface area contributed by atoms with Crippen molar-refractivity contribution in [3.05, 3.63) is 92.9 Å². The van der Waals surface area contributed by atoms with Gasteiger partial charge in [-0.05, 0) is 88.1 Å². The summed E-state index contributed by atoms with van der Waals surface area (Å²) in [7, 11) is 0. The Labute approximate surface area is 244 Å². The standard InChI is InChI=1S/C32H34BrClN2O3/c1-32(2)14-13-23(27(20-32)22-7-9-24(34)10-8-22)21-35-15-17-36(18-16-35)25-11-12-26(31(37)38)30(19-25)39-29-6-4-3-5-28(29)33/h3-12,19H,13-18,20-21H2,1-2H3,(H,37,38). The van der Waals surface area contributed by atoms with Gasteiger partial charge < -0.3 is 14.7 Å². The van der Waals surface area contributed by atoms with E-state index in [4.69, 9.17) is 16.3 Å². The summed E-state index contributed by atoms with van der Waals surface area (Å²) in [5.74, 6) is -0.0758. The molecule has 1 aliphatic carbocycles. The fourth-order valence-electron chi connectivity index (χ4n) is 5.51. The fraction of sp³-hybridized carbons (Fsp3) is 0.344. The molecule has 1 fully saturated rings. The van der Waals surface area contributed by atoms with E-state index in [0.717, 1.165) is 60.7 Å². The number of halogens is 2. The number of hydrogen-bond acceptors (Lipinski definition) is 4. The molecule has 3 aromatic rings. The third-order valence-corrected chi connectivity index (χ3v) is 8.69. The molecule has 1 heterocycles. The van der Waals surface area contributed by atoms with Crippen molar-refractivity contribution in [2.24, 2.45) is 5.41 Å². The minimum absolute atomic E-state index is 0.148. The average molecular weight is 610 g/mol. The first-order valence-electron chi connectivity index (χ1n) is 13.4. The third-order valence-electron chi connectivity index (χ3n) is 7.78. The number of anilines is 1. The van der Waals surface area contributed by atoms with Crippen molar-refractivity contribution in [1.29, 1.82) is 0 Å². The third kappa shape index (κ3) is 6.68. The molecule has 1 aliphatic heterocycles. The Hall–Kier alpha value is -2.80. The van der Waals surface area contributed by atoms with E-state index in [0.29, 0.717) is 16.9 Å². The molecule has 0 saturated carbocycles. The van der Waals surface area contributed by atoms with Gasteiger partial charge >= 0.3 is 5.97 Å². The van der Waals surface area contributed by atoms with Gasteiger partial charge in [-0.25, -0.2) is 4.79 Å². The van der Waals surface area contributed by atoms with Crippen molar-refractivity contribution in [1.82, 2.24) is 4.90 Å². The highest BCUT2D eigenvalue weighted by atomic mass is 79.9. The van der Waals surface area contributed by atoms with Gasteiger partial charge in [-0.3, -0.25) is 4.90 Å². The molecular weight excluding hydrogens is 576 g/mol. The van der Waals surface area contributed by atoms with Gasteiger partial charge in [0.2, 0.25) is 0 Å². The molecule has 0 atom stereocenters. The molecule has 1 N–H and O–H groups in total. The lowest BCUT2D eigenvalue weighted by atomic mass is 9.72. The van der Waals surface area contributed by atoms with Gasteiger partial charge in [-0.1, -0.05) is 55.3 Å². The van der Waals surface area contributed by atoms with Crippen LogP contribution in [0.15, 0.2) is 76.8 Å². The summed E-state index contributed by atoms with van der Waals surface area (Å²) in [6.45, 7) is 9.34. The maximum atomic E-state index is 11.9. The Bertz CT molecular complexity index is 1380. The normalized spacial score (nSPS) is 17.8. The lowest BCUT2D eigenvalue weighted by molar-refractivity contribution is 0.0694. The number of piperazine rings is 1. The zero-order valence-corrected chi connectivity index (χ0v) is 24.8. The Morgan fingerprint density at radius 1 is 1.00 bits per heavy atom. The summed E-state index contributed by atoms with van der Waals surface area (Å²) >= 11 is 9.66. The van der Waals surface area contributed by atoms with Crippen molar-refractivity contribution in [3.63, 3.8) is 0 Å². The van der Waals surface area contributed by atoms with Gasteiger partial charge in [0.1, 0.15) is 17.1 Å². The zero-order chi connectivity index (χ0) is 27.6. The van der Waals surface area contributed by atoms with E-state index in [2.05, 4.69) is 51.7 Å². The van der Waals surface area contributed by atoms with Crippen LogP contribution in [0.2, 0.25) is 5.02 Å². The van der Waals surface area contributed by atoms with Crippen LogP contribution in [0.25, 0.3) is 5.57 Å². The van der Waals surface area contributed by atoms with Crippen molar-refractivity contribution < 1.29 is 14.6 Å². The molecule has 7 heteroatoms. The van der Waals surface area contributed by atoms with Gasteiger partial charge in [0.05, 0.1) is 4.47 Å². The molecule has 2 aliphatic rings.